The van der Waals surface area contributed by atoms with Crippen LogP contribution in [-0.4, -0.2) is 6.29 Å². The third-order valence-electron chi connectivity index (χ3n) is 4.75. The zero-order valence-electron chi connectivity index (χ0n) is 12.4. The lowest BCUT2D eigenvalue weighted by atomic mass is 9.74. The van der Waals surface area contributed by atoms with Gasteiger partial charge in [0, 0.05) is 6.42 Å². The number of rotatable bonds is 4. The zero-order chi connectivity index (χ0) is 14.5. The molecule has 2 unspecified atom stereocenters. The Balaban J connectivity index is 1.81. The minimum atomic E-state index is 0.541. The summed E-state index contributed by atoms with van der Waals surface area (Å²) in [5.41, 5.74) is 3.93. The van der Waals surface area contributed by atoms with Gasteiger partial charge in [-0.25, -0.2) is 0 Å². The van der Waals surface area contributed by atoms with Crippen molar-refractivity contribution in [2.45, 2.75) is 38.0 Å². The number of aldehydes is 1. The molecule has 0 bridgehead atoms. The molecule has 1 nitrogen and oxygen atoms in total. The lowest BCUT2D eigenvalue weighted by Crippen LogP contribution is -2.18. The predicted molar refractivity (Wildman–Crippen MR) is 87.3 cm³/mol. The fourth-order valence-corrected chi connectivity index (χ4v) is 3.61. The Morgan fingerprint density at radius 2 is 1.52 bits per heavy atom. The minimum Gasteiger partial charge on any atom is -0.303 e. The van der Waals surface area contributed by atoms with Crippen LogP contribution >= 0.6 is 0 Å². The van der Waals surface area contributed by atoms with Gasteiger partial charge >= 0.3 is 0 Å². The first-order chi connectivity index (χ1) is 10.4. The van der Waals surface area contributed by atoms with E-state index in [0.717, 1.165) is 6.29 Å². The van der Waals surface area contributed by atoms with E-state index in [-0.39, 0.29) is 0 Å². The van der Waals surface area contributed by atoms with Crippen molar-refractivity contribution in [1.29, 1.82) is 0 Å². The maximum absolute atomic E-state index is 10.9. The molecule has 2 aromatic rings. The van der Waals surface area contributed by atoms with Gasteiger partial charge < -0.3 is 4.79 Å². The summed E-state index contributed by atoms with van der Waals surface area (Å²) in [4.78, 5) is 10.9. The second-order valence-corrected chi connectivity index (χ2v) is 6.04. The highest BCUT2D eigenvalue weighted by molar-refractivity contribution is 5.63. The molecule has 0 spiro atoms. The molecule has 1 aliphatic carbocycles. The van der Waals surface area contributed by atoms with Crippen LogP contribution in [0.2, 0.25) is 0 Å². The summed E-state index contributed by atoms with van der Waals surface area (Å²) in [6, 6.07) is 19.4. The Labute approximate surface area is 127 Å². The maximum Gasteiger partial charge on any atom is 0.120 e. The molecule has 3 rings (SSSR count). The van der Waals surface area contributed by atoms with Crippen LogP contribution in [0.4, 0.5) is 0 Å². The number of carbonyl (C=O) groups is 1. The standard InChI is InChI=1S/C20H22O/c21-15-14-18-8-4-5-9-20(18)19-12-10-17(11-13-19)16-6-2-1-3-7-16/h1-3,6-7,10-13,15,18,20H,4-5,8-9,14H2. The molecular weight excluding hydrogens is 256 g/mol. The number of hydrogen-bond acceptors (Lipinski definition) is 1. The van der Waals surface area contributed by atoms with Crippen molar-refractivity contribution in [3.63, 3.8) is 0 Å². The minimum absolute atomic E-state index is 0.541. The largest absolute Gasteiger partial charge is 0.303 e. The highest BCUT2D eigenvalue weighted by Gasteiger charge is 2.25. The van der Waals surface area contributed by atoms with Gasteiger partial charge in [0.1, 0.15) is 6.29 Å². The van der Waals surface area contributed by atoms with Crippen molar-refractivity contribution in [2.24, 2.45) is 5.92 Å². The summed E-state index contributed by atoms with van der Waals surface area (Å²) >= 11 is 0. The fourth-order valence-electron chi connectivity index (χ4n) is 3.61. The Morgan fingerprint density at radius 1 is 0.857 bits per heavy atom. The predicted octanol–water partition coefficient (Wildman–Crippen LogP) is 5.22. The Hall–Kier alpha value is -1.89. The molecule has 0 amide bonds. The summed E-state index contributed by atoms with van der Waals surface area (Å²) < 4.78 is 0. The third kappa shape index (κ3) is 3.24. The molecule has 1 heteroatoms. The van der Waals surface area contributed by atoms with Crippen LogP contribution in [0.5, 0.6) is 0 Å². The van der Waals surface area contributed by atoms with E-state index in [4.69, 9.17) is 0 Å². The van der Waals surface area contributed by atoms with Gasteiger partial charge in [-0.05, 0) is 41.4 Å². The van der Waals surface area contributed by atoms with E-state index in [9.17, 15) is 4.79 Å². The molecule has 1 saturated carbocycles. The summed E-state index contributed by atoms with van der Waals surface area (Å²) in [6.45, 7) is 0. The first-order valence-corrected chi connectivity index (χ1v) is 7.97. The third-order valence-corrected chi connectivity index (χ3v) is 4.75. The van der Waals surface area contributed by atoms with Crippen LogP contribution in [0.3, 0.4) is 0 Å². The number of carbonyl (C=O) groups excluding carboxylic acids is 1. The van der Waals surface area contributed by atoms with Crippen molar-refractivity contribution >= 4 is 6.29 Å². The number of hydrogen-bond donors (Lipinski definition) is 0. The molecule has 0 heterocycles. The quantitative estimate of drug-likeness (QED) is 0.701. The van der Waals surface area contributed by atoms with E-state index in [2.05, 4.69) is 48.5 Å². The van der Waals surface area contributed by atoms with Crippen LogP contribution in [0, 0.1) is 5.92 Å². The molecule has 1 aliphatic rings. The smallest absolute Gasteiger partial charge is 0.120 e. The second-order valence-electron chi connectivity index (χ2n) is 6.04. The Bertz CT molecular complexity index is 571. The van der Waals surface area contributed by atoms with Gasteiger partial charge in [-0.3, -0.25) is 0 Å². The van der Waals surface area contributed by atoms with Gasteiger partial charge in [0.05, 0.1) is 0 Å². The SMILES string of the molecule is O=CCC1CCCCC1c1ccc(-c2ccccc2)cc1. The van der Waals surface area contributed by atoms with Crippen molar-refractivity contribution < 1.29 is 4.79 Å². The Kier molecular flexibility index (Phi) is 4.49. The first kappa shape index (κ1) is 14.1. The van der Waals surface area contributed by atoms with E-state index < -0.39 is 0 Å². The first-order valence-electron chi connectivity index (χ1n) is 7.97. The molecule has 0 aromatic heterocycles. The van der Waals surface area contributed by atoms with E-state index >= 15 is 0 Å². The molecule has 0 radical (unpaired) electrons. The zero-order valence-corrected chi connectivity index (χ0v) is 12.4. The van der Waals surface area contributed by atoms with Gasteiger partial charge in [-0.2, -0.15) is 0 Å². The van der Waals surface area contributed by atoms with E-state index in [1.54, 1.807) is 0 Å². The highest BCUT2D eigenvalue weighted by atomic mass is 16.1. The van der Waals surface area contributed by atoms with Gasteiger partial charge in [-0.1, -0.05) is 67.4 Å². The van der Waals surface area contributed by atoms with Crippen molar-refractivity contribution in [2.75, 3.05) is 0 Å². The summed E-state index contributed by atoms with van der Waals surface area (Å²) in [7, 11) is 0. The maximum atomic E-state index is 10.9. The summed E-state index contributed by atoms with van der Waals surface area (Å²) in [5.74, 6) is 1.10. The van der Waals surface area contributed by atoms with Crippen LogP contribution < -0.4 is 0 Å². The highest BCUT2D eigenvalue weighted by Crippen LogP contribution is 2.39. The van der Waals surface area contributed by atoms with Crippen LogP contribution in [0.25, 0.3) is 11.1 Å². The molecule has 21 heavy (non-hydrogen) atoms. The average Bonchev–Trinajstić information content (AvgIpc) is 2.57. The molecular formula is C20H22O. The molecule has 0 N–H and O–H groups in total. The van der Waals surface area contributed by atoms with E-state index in [1.807, 2.05) is 6.07 Å². The van der Waals surface area contributed by atoms with Gasteiger partial charge in [-0.15, -0.1) is 0 Å². The molecule has 2 atom stereocenters. The second kappa shape index (κ2) is 6.71. The van der Waals surface area contributed by atoms with Gasteiger partial charge in [0.15, 0.2) is 0 Å². The summed E-state index contributed by atoms with van der Waals surface area (Å²) in [5, 5.41) is 0. The van der Waals surface area contributed by atoms with Crippen LogP contribution in [0.1, 0.15) is 43.6 Å². The van der Waals surface area contributed by atoms with Crippen LogP contribution in [-0.2, 0) is 4.79 Å². The van der Waals surface area contributed by atoms with E-state index in [0.29, 0.717) is 18.3 Å². The topological polar surface area (TPSA) is 17.1 Å². The van der Waals surface area contributed by atoms with Crippen molar-refractivity contribution in [1.82, 2.24) is 0 Å². The molecule has 108 valence electrons. The molecule has 0 aliphatic heterocycles. The monoisotopic (exact) mass is 278 g/mol. The summed E-state index contributed by atoms with van der Waals surface area (Å²) in [6.07, 6.45) is 6.80. The lowest BCUT2D eigenvalue weighted by Gasteiger charge is -2.30. The molecule has 1 fully saturated rings. The molecule has 2 aromatic carbocycles. The fraction of sp³-hybridized carbons (Fsp3) is 0.350. The van der Waals surface area contributed by atoms with Gasteiger partial charge in [0.25, 0.3) is 0 Å². The Morgan fingerprint density at radius 3 is 2.24 bits per heavy atom. The normalized spacial score (nSPS) is 21.9. The number of benzene rings is 2. The van der Waals surface area contributed by atoms with Crippen molar-refractivity contribution in [3.05, 3.63) is 60.2 Å². The average molecular weight is 278 g/mol. The molecule has 0 saturated heterocycles. The van der Waals surface area contributed by atoms with Crippen molar-refractivity contribution in [3.8, 4) is 11.1 Å². The lowest BCUT2D eigenvalue weighted by molar-refractivity contribution is -0.108. The van der Waals surface area contributed by atoms with E-state index in [1.165, 1.54) is 42.4 Å². The van der Waals surface area contributed by atoms with Gasteiger partial charge in [0.2, 0.25) is 0 Å². The van der Waals surface area contributed by atoms with Crippen LogP contribution in [0.15, 0.2) is 54.6 Å².